The lowest BCUT2D eigenvalue weighted by atomic mass is 9.98. The van der Waals surface area contributed by atoms with Crippen molar-refractivity contribution in [3.05, 3.63) is 108 Å². The fourth-order valence-electron chi connectivity index (χ4n) is 4.07. The van der Waals surface area contributed by atoms with Crippen molar-refractivity contribution in [2.45, 2.75) is 24.8 Å². The second-order valence-electron chi connectivity index (χ2n) is 7.30. The molecule has 1 unspecified atom stereocenters. The monoisotopic (exact) mass is 383 g/mol. The number of ether oxygens (including phenoxy) is 1. The molecule has 0 spiro atoms. The topological polar surface area (TPSA) is 38.3 Å². The van der Waals surface area contributed by atoms with Crippen LogP contribution in [0.1, 0.15) is 41.5 Å². The van der Waals surface area contributed by atoms with Crippen molar-refractivity contribution in [1.82, 2.24) is 5.32 Å². The van der Waals surface area contributed by atoms with Crippen LogP contribution >= 0.6 is 0 Å². The third-order valence-corrected chi connectivity index (χ3v) is 5.50. The first-order valence-electron chi connectivity index (χ1n) is 10.1. The van der Waals surface area contributed by atoms with Crippen molar-refractivity contribution >= 4 is 6.09 Å². The van der Waals surface area contributed by atoms with Crippen LogP contribution in [0, 0.1) is 0 Å². The highest BCUT2D eigenvalue weighted by Crippen LogP contribution is 2.44. The minimum Gasteiger partial charge on any atom is -0.449 e. The van der Waals surface area contributed by atoms with E-state index in [4.69, 9.17) is 4.74 Å². The van der Waals surface area contributed by atoms with E-state index in [1.807, 2.05) is 48.5 Å². The molecule has 0 fully saturated rings. The third kappa shape index (κ3) is 4.09. The molecule has 1 amide bonds. The lowest BCUT2D eigenvalue weighted by Crippen LogP contribution is -2.30. The first-order chi connectivity index (χ1) is 14.3. The van der Waals surface area contributed by atoms with Gasteiger partial charge in [-0.25, -0.2) is 4.79 Å². The van der Waals surface area contributed by atoms with Gasteiger partial charge >= 0.3 is 6.09 Å². The number of amides is 1. The summed E-state index contributed by atoms with van der Waals surface area (Å²) in [6.07, 6.45) is 3.10. The number of carbonyl (C=O) groups is 1. The van der Waals surface area contributed by atoms with Gasteiger partial charge in [-0.15, -0.1) is 6.58 Å². The van der Waals surface area contributed by atoms with E-state index in [0.29, 0.717) is 6.61 Å². The molecule has 1 atom stereocenters. The number of carbonyl (C=O) groups excluding carboxylic acids is 1. The number of allylic oxidation sites excluding steroid dienone is 1. The summed E-state index contributed by atoms with van der Waals surface area (Å²) < 4.78 is 5.70. The molecular formula is C26H25NO2. The van der Waals surface area contributed by atoms with E-state index in [-0.39, 0.29) is 18.1 Å². The number of hydrogen-bond acceptors (Lipinski definition) is 2. The Morgan fingerprint density at radius 3 is 2.14 bits per heavy atom. The molecule has 0 saturated carbocycles. The lowest BCUT2D eigenvalue weighted by molar-refractivity contribution is 0.138. The van der Waals surface area contributed by atoms with Crippen molar-refractivity contribution in [2.24, 2.45) is 0 Å². The van der Waals surface area contributed by atoms with Gasteiger partial charge in [0.05, 0.1) is 6.04 Å². The van der Waals surface area contributed by atoms with Gasteiger partial charge in [0.15, 0.2) is 0 Å². The van der Waals surface area contributed by atoms with Crippen LogP contribution in [0.15, 0.2) is 91.5 Å². The van der Waals surface area contributed by atoms with Gasteiger partial charge in [-0.3, -0.25) is 0 Å². The maximum Gasteiger partial charge on any atom is 0.407 e. The van der Waals surface area contributed by atoms with E-state index in [1.54, 1.807) is 0 Å². The van der Waals surface area contributed by atoms with Crippen molar-refractivity contribution in [3.8, 4) is 11.1 Å². The average molecular weight is 383 g/mol. The van der Waals surface area contributed by atoms with Crippen LogP contribution in [-0.4, -0.2) is 12.7 Å². The van der Waals surface area contributed by atoms with Gasteiger partial charge in [0.1, 0.15) is 6.61 Å². The van der Waals surface area contributed by atoms with E-state index >= 15 is 0 Å². The van der Waals surface area contributed by atoms with Crippen LogP contribution < -0.4 is 5.32 Å². The summed E-state index contributed by atoms with van der Waals surface area (Å²) in [5.41, 5.74) is 5.96. The third-order valence-electron chi connectivity index (χ3n) is 5.50. The molecular weight excluding hydrogens is 358 g/mol. The van der Waals surface area contributed by atoms with Crippen molar-refractivity contribution < 1.29 is 9.53 Å². The van der Waals surface area contributed by atoms with Crippen LogP contribution in [0.5, 0.6) is 0 Å². The predicted molar refractivity (Wildman–Crippen MR) is 117 cm³/mol. The molecule has 146 valence electrons. The molecule has 1 aliphatic carbocycles. The average Bonchev–Trinajstić information content (AvgIpc) is 3.09. The maximum atomic E-state index is 12.6. The zero-order chi connectivity index (χ0) is 20.1. The van der Waals surface area contributed by atoms with E-state index in [0.717, 1.165) is 18.4 Å². The highest BCUT2D eigenvalue weighted by atomic mass is 16.5. The molecule has 0 aliphatic heterocycles. The quantitative estimate of drug-likeness (QED) is 0.491. The zero-order valence-electron chi connectivity index (χ0n) is 16.4. The highest BCUT2D eigenvalue weighted by molar-refractivity contribution is 5.79. The SMILES string of the molecule is C=CCCC(NC(=O)OCC1c2ccccc2-c2ccccc21)c1ccccc1. The smallest absolute Gasteiger partial charge is 0.407 e. The molecule has 3 nitrogen and oxygen atoms in total. The van der Waals surface area contributed by atoms with Gasteiger partial charge in [-0.2, -0.15) is 0 Å². The van der Waals surface area contributed by atoms with Crippen LogP contribution in [0.2, 0.25) is 0 Å². The predicted octanol–water partition coefficient (Wildman–Crippen LogP) is 6.23. The first-order valence-corrected chi connectivity index (χ1v) is 10.1. The molecule has 3 heteroatoms. The Hall–Kier alpha value is -3.33. The molecule has 4 rings (SSSR count). The van der Waals surface area contributed by atoms with E-state index < -0.39 is 0 Å². The minimum absolute atomic E-state index is 0.0662. The molecule has 3 aromatic carbocycles. The van der Waals surface area contributed by atoms with Gasteiger partial charge in [0.2, 0.25) is 0 Å². The van der Waals surface area contributed by atoms with Crippen LogP contribution in [-0.2, 0) is 4.74 Å². The maximum absolute atomic E-state index is 12.6. The molecule has 1 N–H and O–H groups in total. The molecule has 0 aromatic heterocycles. The van der Waals surface area contributed by atoms with Gasteiger partial charge in [0, 0.05) is 5.92 Å². The Morgan fingerprint density at radius 1 is 0.931 bits per heavy atom. The largest absolute Gasteiger partial charge is 0.449 e. The number of rotatable bonds is 7. The molecule has 29 heavy (non-hydrogen) atoms. The summed E-state index contributed by atoms with van der Waals surface area (Å²) in [5.74, 6) is 0.0662. The normalized spacial score (nSPS) is 13.2. The van der Waals surface area contributed by atoms with Gasteiger partial charge in [-0.1, -0.05) is 84.9 Å². The molecule has 0 radical (unpaired) electrons. The second kappa shape index (κ2) is 8.78. The van der Waals surface area contributed by atoms with E-state index in [9.17, 15) is 4.79 Å². The summed E-state index contributed by atoms with van der Waals surface area (Å²) >= 11 is 0. The fourth-order valence-corrected chi connectivity index (χ4v) is 4.07. The second-order valence-corrected chi connectivity index (χ2v) is 7.30. The minimum atomic E-state index is -0.384. The molecule has 0 bridgehead atoms. The molecule has 1 aliphatic rings. The van der Waals surface area contributed by atoms with Gasteiger partial charge < -0.3 is 10.1 Å². The van der Waals surface area contributed by atoms with Crippen molar-refractivity contribution in [2.75, 3.05) is 6.61 Å². The standard InChI is InChI=1S/C26H25NO2/c1-2-3-17-25(19-11-5-4-6-12-19)27-26(28)29-18-24-22-15-9-7-13-20(22)21-14-8-10-16-23(21)24/h2,4-16,24-25H,1,3,17-18H2,(H,27,28). The van der Waals surface area contributed by atoms with Crippen molar-refractivity contribution in [1.29, 1.82) is 0 Å². The Labute approximate surface area is 172 Å². The van der Waals surface area contributed by atoms with Gasteiger partial charge in [0.25, 0.3) is 0 Å². The summed E-state index contributed by atoms with van der Waals surface area (Å²) in [5, 5.41) is 3.03. The van der Waals surface area contributed by atoms with Crippen molar-refractivity contribution in [3.63, 3.8) is 0 Å². The van der Waals surface area contributed by atoms with Gasteiger partial charge in [-0.05, 0) is 40.7 Å². The summed E-state index contributed by atoms with van der Waals surface area (Å²) in [4.78, 5) is 12.6. The van der Waals surface area contributed by atoms with E-state index in [1.165, 1.54) is 22.3 Å². The number of alkyl carbamates (subject to hydrolysis) is 1. The summed E-state index contributed by atoms with van der Waals surface area (Å²) in [6.45, 7) is 4.12. The first kappa shape index (κ1) is 19.0. The number of hydrogen-bond donors (Lipinski definition) is 1. The highest BCUT2D eigenvalue weighted by Gasteiger charge is 2.29. The zero-order valence-corrected chi connectivity index (χ0v) is 16.4. The fraction of sp³-hybridized carbons (Fsp3) is 0.192. The number of nitrogens with one attached hydrogen (secondary N) is 1. The number of benzene rings is 3. The summed E-state index contributed by atoms with van der Waals surface area (Å²) in [6, 6.07) is 26.6. The van der Waals surface area contributed by atoms with E-state index in [2.05, 4.69) is 48.3 Å². The Morgan fingerprint density at radius 2 is 1.52 bits per heavy atom. The lowest BCUT2D eigenvalue weighted by Gasteiger charge is -2.20. The van der Waals surface area contributed by atoms with Crippen LogP contribution in [0.4, 0.5) is 4.79 Å². The molecule has 0 saturated heterocycles. The molecule has 3 aromatic rings. The summed E-state index contributed by atoms with van der Waals surface area (Å²) in [7, 11) is 0. The Kier molecular flexibility index (Phi) is 5.76. The Balaban J connectivity index is 1.46. The van der Waals surface area contributed by atoms with Crippen LogP contribution in [0.25, 0.3) is 11.1 Å². The Bertz CT molecular complexity index is 951. The van der Waals surface area contributed by atoms with Crippen LogP contribution in [0.3, 0.4) is 0 Å². The number of fused-ring (bicyclic) bond motifs is 3. The molecule has 0 heterocycles.